The second kappa shape index (κ2) is 7.28. The number of benzene rings is 3. The molecule has 3 heteroatoms. The van der Waals surface area contributed by atoms with E-state index in [0.717, 1.165) is 34.1 Å². The molecule has 0 fully saturated rings. The molecule has 3 nitrogen and oxygen atoms in total. The molecule has 0 bridgehead atoms. The number of hydrogen-bond donors (Lipinski definition) is 0. The van der Waals surface area contributed by atoms with Gasteiger partial charge in [-0.1, -0.05) is 72.8 Å². The predicted molar refractivity (Wildman–Crippen MR) is 106 cm³/mol. The Labute approximate surface area is 153 Å². The second-order valence-electron chi connectivity index (χ2n) is 5.95. The molecule has 0 radical (unpaired) electrons. The maximum Gasteiger partial charge on any atom is 0.145 e. The minimum absolute atomic E-state index is 0.623. The average molecular weight is 340 g/mol. The molecule has 0 N–H and O–H groups in total. The van der Waals surface area contributed by atoms with E-state index in [1.54, 1.807) is 0 Å². The molecule has 0 spiro atoms. The van der Waals surface area contributed by atoms with Crippen LogP contribution in [0.25, 0.3) is 28.3 Å². The van der Waals surface area contributed by atoms with Gasteiger partial charge in [-0.15, -0.1) is 0 Å². The number of para-hydroxylation sites is 2. The van der Waals surface area contributed by atoms with Crippen molar-refractivity contribution >= 4 is 0 Å². The van der Waals surface area contributed by atoms with Crippen molar-refractivity contribution in [2.45, 2.75) is 6.92 Å². The summed E-state index contributed by atoms with van der Waals surface area (Å²) in [4.78, 5) is 4.94. The molecular formula is C23H20N2O. The van der Waals surface area contributed by atoms with Gasteiger partial charge in [-0.25, -0.2) is 4.98 Å². The summed E-state index contributed by atoms with van der Waals surface area (Å²) in [5.41, 5.74) is 4.09. The van der Waals surface area contributed by atoms with Crippen LogP contribution in [0.1, 0.15) is 6.92 Å². The van der Waals surface area contributed by atoms with Crippen LogP contribution in [0.5, 0.6) is 5.75 Å². The van der Waals surface area contributed by atoms with Crippen LogP contribution in [0.4, 0.5) is 0 Å². The molecule has 26 heavy (non-hydrogen) atoms. The minimum Gasteiger partial charge on any atom is -0.492 e. The van der Waals surface area contributed by atoms with Crippen LogP contribution in [0.15, 0.2) is 91.1 Å². The zero-order valence-electron chi connectivity index (χ0n) is 14.7. The zero-order valence-corrected chi connectivity index (χ0v) is 14.7. The lowest BCUT2D eigenvalue weighted by Gasteiger charge is -2.13. The van der Waals surface area contributed by atoms with Crippen molar-refractivity contribution in [2.75, 3.05) is 6.61 Å². The minimum atomic E-state index is 0.623. The normalized spacial score (nSPS) is 10.7. The van der Waals surface area contributed by atoms with Crippen molar-refractivity contribution < 1.29 is 4.74 Å². The van der Waals surface area contributed by atoms with Gasteiger partial charge in [0.2, 0.25) is 0 Å². The highest BCUT2D eigenvalue weighted by atomic mass is 16.5. The number of hydrogen-bond acceptors (Lipinski definition) is 2. The molecule has 4 rings (SSSR count). The summed E-state index contributed by atoms with van der Waals surface area (Å²) in [7, 11) is 0. The van der Waals surface area contributed by atoms with Crippen molar-refractivity contribution in [3.05, 3.63) is 91.1 Å². The van der Waals surface area contributed by atoms with Gasteiger partial charge >= 0.3 is 0 Å². The van der Waals surface area contributed by atoms with Crippen LogP contribution in [0.2, 0.25) is 0 Å². The average Bonchev–Trinajstić information content (AvgIpc) is 3.15. The number of ether oxygens (including phenoxy) is 1. The van der Waals surface area contributed by atoms with E-state index < -0.39 is 0 Å². The molecule has 0 atom stereocenters. The Morgan fingerprint density at radius 2 is 1.38 bits per heavy atom. The lowest BCUT2D eigenvalue weighted by molar-refractivity contribution is 0.339. The summed E-state index contributed by atoms with van der Waals surface area (Å²) < 4.78 is 7.96. The van der Waals surface area contributed by atoms with Crippen molar-refractivity contribution in [2.24, 2.45) is 0 Å². The van der Waals surface area contributed by atoms with Crippen molar-refractivity contribution in [3.8, 4) is 34.1 Å². The topological polar surface area (TPSA) is 27.1 Å². The van der Waals surface area contributed by atoms with Gasteiger partial charge in [-0.2, -0.15) is 0 Å². The molecule has 1 heterocycles. The highest BCUT2D eigenvalue weighted by Crippen LogP contribution is 2.31. The van der Waals surface area contributed by atoms with Crippen LogP contribution < -0.4 is 4.74 Å². The number of aromatic nitrogens is 2. The van der Waals surface area contributed by atoms with Gasteiger partial charge < -0.3 is 4.74 Å². The summed E-state index contributed by atoms with van der Waals surface area (Å²) in [6.45, 7) is 2.62. The van der Waals surface area contributed by atoms with Crippen LogP contribution >= 0.6 is 0 Å². The van der Waals surface area contributed by atoms with E-state index in [1.807, 2.05) is 61.5 Å². The number of imidazole rings is 1. The summed E-state index contributed by atoms with van der Waals surface area (Å²) in [6.07, 6.45) is 2.08. The van der Waals surface area contributed by atoms with Gasteiger partial charge in [0.05, 0.1) is 18.0 Å². The first-order valence-corrected chi connectivity index (χ1v) is 8.79. The zero-order chi connectivity index (χ0) is 17.8. The Morgan fingerprint density at radius 3 is 2.08 bits per heavy atom. The summed E-state index contributed by atoms with van der Waals surface area (Å²) in [5, 5.41) is 0. The van der Waals surface area contributed by atoms with Gasteiger partial charge in [-0.05, 0) is 19.1 Å². The van der Waals surface area contributed by atoms with Gasteiger partial charge in [-0.3, -0.25) is 4.57 Å². The molecule has 4 aromatic rings. The van der Waals surface area contributed by atoms with Crippen LogP contribution in [-0.2, 0) is 0 Å². The molecular weight excluding hydrogens is 320 g/mol. The highest BCUT2D eigenvalue weighted by Gasteiger charge is 2.15. The summed E-state index contributed by atoms with van der Waals surface area (Å²) in [5.74, 6) is 1.75. The van der Waals surface area contributed by atoms with E-state index >= 15 is 0 Å². The first kappa shape index (κ1) is 16.2. The molecule has 0 saturated carbocycles. The Bertz CT molecular complexity index is 991. The maximum absolute atomic E-state index is 5.85. The van der Waals surface area contributed by atoms with Gasteiger partial charge in [0.1, 0.15) is 11.6 Å². The molecule has 0 saturated heterocycles. The second-order valence-corrected chi connectivity index (χ2v) is 5.95. The third kappa shape index (κ3) is 3.11. The smallest absolute Gasteiger partial charge is 0.145 e. The largest absolute Gasteiger partial charge is 0.492 e. The monoisotopic (exact) mass is 340 g/mol. The quantitative estimate of drug-likeness (QED) is 0.472. The first-order chi connectivity index (χ1) is 12.9. The fourth-order valence-corrected chi connectivity index (χ4v) is 3.04. The van der Waals surface area contributed by atoms with E-state index in [4.69, 9.17) is 9.72 Å². The molecule has 1 aromatic heterocycles. The Hall–Kier alpha value is -3.33. The van der Waals surface area contributed by atoms with Crippen LogP contribution in [-0.4, -0.2) is 16.2 Å². The molecule has 3 aromatic carbocycles. The molecule has 0 aliphatic heterocycles. The third-order valence-electron chi connectivity index (χ3n) is 4.23. The lowest BCUT2D eigenvalue weighted by atomic mass is 10.2. The van der Waals surface area contributed by atoms with Gasteiger partial charge in [0.25, 0.3) is 0 Å². The third-order valence-corrected chi connectivity index (χ3v) is 4.23. The van der Waals surface area contributed by atoms with Crippen molar-refractivity contribution in [1.82, 2.24) is 9.55 Å². The molecule has 0 amide bonds. The standard InChI is InChI=1S/C23H20N2O/c1-2-26-22-16-10-9-15-21(22)25-17-20(18-11-5-3-6-12-18)24-23(25)19-13-7-4-8-14-19/h3-17H,2H2,1H3. The Morgan fingerprint density at radius 1 is 0.769 bits per heavy atom. The highest BCUT2D eigenvalue weighted by molar-refractivity contribution is 5.68. The Balaban J connectivity index is 1.92. The molecule has 0 aliphatic carbocycles. The number of rotatable bonds is 5. The van der Waals surface area contributed by atoms with Crippen molar-refractivity contribution in [1.29, 1.82) is 0 Å². The van der Waals surface area contributed by atoms with Crippen molar-refractivity contribution in [3.63, 3.8) is 0 Å². The van der Waals surface area contributed by atoms with Gasteiger partial charge in [0, 0.05) is 17.3 Å². The molecule has 0 unspecified atom stereocenters. The van der Waals surface area contributed by atoms with Crippen LogP contribution in [0.3, 0.4) is 0 Å². The van der Waals surface area contributed by atoms with E-state index in [9.17, 15) is 0 Å². The molecule has 0 aliphatic rings. The van der Waals surface area contributed by atoms with Gasteiger partial charge in [0.15, 0.2) is 0 Å². The van der Waals surface area contributed by atoms with E-state index in [1.165, 1.54) is 0 Å². The predicted octanol–water partition coefficient (Wildman–Crippen LogP) is 5.61. The summed E-state index contributed by atoms with van der Waals surface area (Å²) >= 11 is 0. The fourth-order valence-electron chi connectivity index (χ4n) is 3.04. The number of nitrogens with zero attached hydrogens (tertiary/aromatic N) is 2. The SMILES string of the molecule is CCOc1ccccc1-n1cc(-c2ccccc2)nc1-c1ccccc1. The lowest BCUT2D eigenvalue weighted by Crippen LogP contribution is -2.01. The first-order valence-electron chi connectivity index (χ1n) is 8.79. The van der Waals surface area contributed by atoms with E-state index in [2.05, 4.69) is 41.1 Å². The fraction of sp³-hybridized carbons (Fsp3) is 0.0870. The van der Waals surface area contributed by atoms with Crippen LogP contribution in [0, 0.1) is 0 Å². The molecule has 128 valence electrons. The van der Waals surface area contributed by atoms with E-state index in [0.29, 0.717) is 6.61 Å². The van der Waals surface area contributed by atoms with E-state index in [-0.39, 0.29) is 0 Å². The maximum atomic E-state index is 5.85. The Kier molecular flexibility index (Phi) is 4.52. The summed E-state index contributed by atoms with van der Waals surface area (Å²) in [6, 6.07) is 28.6.